The van der Waals surface area contributed by atoms with Gasteiger partial charge in [0.15, 0.2) is 17.5 Å². The van der Waals surface area contributed by atoms with E-state index >= 15 is 0 Å². The Bertz CT molecular complexity index is 1800. The van der Waals surface area contributed by atoms with E-state index in [0.29, 0.717) is 29.0 Å². The van der Waals surface area contributed by atoms with Gasteiger partial charge < -0.3 is 4.57 Å². The van der Waals surface area contributed by atoms with Crippen LogP contribution in [-0.4, -0.2) is 19.5 Å². The molecule has 6 rings (SSSR count). The highest BCUT2D eigenvalue weighted by Gasteiger charge is 2.25. The minimum Gasteiger partial charge on any atom is -0.309 e. The fourth-order valence-corrected chi connectivity index (χ4v) is 5.54. The molecule has 1 aliphatic carbocycles. The minimum absolute atomic E-state index is 0.381. The highest BCUT2D eigenvalue weighted by molar-refractivity contribution is 5.74. The van der Waals surface area contributed by atoms with Crippen molar-refractivity contribution in [2.45, 2.75) is 26.2 Å². The molecular weight excluding hydrogens is 502 g/mol. The van der Waals surface area contributed by atoms with Crippen molar-refractivity contribution in [1.82, 2.24) is 19.5 Å². The average molecular weight is 532 g/mol. The molecule has 5 heteroatoms. The maximum absolute atomic E-state index is 10.2. The van der Waals surface area contributed by atoms with Gasteiger partial charge in [0.1, 0.15) is 6.07 Å². The summed E-state index contributed by atoms with van der Waals surface area (Å²) in [5.74, 6) is 2.13. The Kier molecular flexibility index (Phi) is 6.97. The number of allylic oxidation sites excluding steroid dienone is 3. The molecule has 5 aromatic rings. The Morgan fingerprint density at radius 3 is 2.07 bits per heavy atom. The van der Waals surface area contributed by atoms with Crippen LogP contribution in [0.5, 0.6) is 0 Å². The van der Waals surface area contributed by atoms with Crippen molar-refractivity contribution in [3.05, 3.63) is 132 Å². The Hall–Kier alpha value is -5.34. The average Bonchev–Trinajstić information content (AvgIpc) is 3.32. The van der Waals surface area contributed by atoms with Gasteiger partial charge in [-0.1, -0.05) is 92.4 Å². The Morgan fingerprint density at radius 1 is 0.878 bits per heavy atom. The predicted octanol–water partition coefficient (Wildman–Crippen LogP) is 8.56. The van der Waals surface area contributed by atoms with E-state index in [1.165, 1.54) is 11.1 Å². The van der Waals surface area contributed by atoms with Gasteiger partial charge in [0, 0.05) is 28.1 Å². The zero-order valence-electron chi connectivity index (χ0n) is 23.1. The van der Waals surface area contributed by atoms with Gasteiger partial charge in [-0.25, -0.2) is 15.0 Å². The molecule has 0 fully saturated rings. The van der Waals surface area contributed by atoms with Crippen molar-refractivity contribution in [3.8, 4) is 45.9 Å². The van der Waals surface area contributed by atoms with Crippen LogP contribution in [0.3, 0.4) is 0 Å². The second-order valence-electron chi connectivity index (χ2n) is 10.2. The number of nitriles is 1. The number of hydrogen-bond donors (Lipinski definition) is 0. The summed E-state index contributed by atoms with van der Waals surface area (Å²) >= 11 is 0. The molecule has 0 bridgehead atoms. The Labute approximate surface area is 240 Å². The van der Waals surface area contributed by atoms with Crippen molar-refractivity contribution < 1.29 is 0 Å². The first-order chi connectivity index (χ1) is 20.1. The number of hydrogen-bond acceptors (Lipinski definition) is 4. The Morgan fingerprint density at radius 2 is 1.49 bits per heavy atom. The lowest BCUT2D eigenvalue weighted by Gasteiger charge is -2.18. The highest BCUT2D eigenvalue weighted by Crippen LogP contribution is 2.39. The number of fused-ring (bicyclic) bond motifs is 1. The smallest absolute Gasteiger partial charge is 0.164 e. The summed E-state index contributed by atoms with van der Waals surface area (Å²) < 4.78 is 2.19. The van der Waals surface area contributed by atoms with Gasteiger partial charge in [-0.3, -0.25) is 0 Å². The monoisotopic (exact) mass is 531 g/mol. The van der Waals surface area contributed by atoms with E-state index in [4.69, 9.17) is 15.0 Å². The molecule has 0 saturated heterocycles. The molecule has 0 aliphatic heterocycles. The van der Waals surface area contributed by atoms with E-state index < -0.39 is 0 Å². The Balaban J connectivity index is 1.60. The number of aromatic nitrogens is 4. The summed E-state index contributed by atoms with van der Waals surface area (Å²) in [6.45, 7) is 8.29. The second-order valence-corrected chi connectivity index (χ2v) is 10.2. The molecule has 0 radical (unpaired) electrons. The van der Waals surface area contributed by atoms with E-state index in [9.17, 15) is 5.26 Å². The standard InChI is InChI=1S/C36H29N5/c1-4-5-18-30-25(3)33-24(2)13-12-19-31(33)41(30)32-22-28(20-21-29(32)23-37)36-39-34(26-14-8-6-9-15-26)38-35(40-36)27-16-10-7-11-17-27/h4-12,14-22,24H,1,13H2,2-3H3/b18-5-. The molecule has 41 heavy (non-hydrogen) atoms. The molecule has 2 aromatic heterocycles. The first-order valence-corrected chi connectivity index (χ1v) is 13.7. The van der Waals surface area contributed by atoms with Crippen LogP contribution >= 0.6 is 0 Å². The number of nitrogens with zero attached hydrogens (tertiary/aromatic N) is 5. The SMILES string of the molecule is C=C/C=C\c1c(C)c2c(n1-c1cc(-c3nc(-c4ccccc4)nc(-c4ccccc4)n3)ccc1C#N)C=CCC2C. The van der Waals surface area contributed by atoms with Gasteiger partial charge >= 0.3 is 0 Å². The molecule has 2 heterocycles. The maximum atomic E-state index is 10.2. The zero-order valence-corrected chi connectivity index (χ0v) is 23.1. The highest BCUT2D eigenvalue weighted by atomic mass is 15.0. The predicted molar refractivity (Wildman–Crippen MR) is 166 cm³/mol. The van der Waals surface area contributed by atoms with Crippen molar-refractivity contribution in [2.24, 2.45) is 0 Å². The lowest BCUT2D eigenvalue weighted by Crippen LogP contribution is -2.06. The largest absolute Gasteiger partial charge is 0.309 e. The van der Waals surface area contributed by atoms with Crippen molar-refractivity contribution in [1.29, 1.82) is 5.26 Å². The summed E-state index contributed by atoms with van der Waals surface area (Å²) in [5, 5.41) is 10.2. The lowest BCUT2D eigenvalue weighted by molar-refractivity contribution is 0.763. The molecule has 5 nitrogen and oxygen atoms in total. The molecule has 0 spiro atoms. The van der Waals surface area contributed by atoms with Crippen molar-refractivity contribution in [2.75, 3.05) is 0 Å². The van der Waals surface area contributed by atoms with Gasteiger partial charge in [-0.2, -0.15) is 5.26 Å². The summed E-state index contributed by atoms with van der Waals surface area (Å²) in [6.07, 6.45) is 11.2. The quantitative estimate of drug-likeness (QED) is 0.206. The first kappa shape index (κ1) is 25.9. The van der Waals surface area contributed by atoms with Crippen LogP contribution in [-0.2, 0) is 0 Å². The maximum Gasteiger partial charge on any atom is 0.164 e. The van der Waals surface area contributed by atoms with Crippen LogP contribution in [0, 0.1) is 18.3 Å². The topological polar surface area (TPSA) is 67.4 Å². The number of rotatable bonds is 6. The van der Waals surface area contributed by atoms with E-state index in [2.05, 4.69) is 49.3 Å². The van der Waals surface area contributed by atoms with Crippen LogP contribution < -0.4 is 0 Å². The molecule has 0 saturated carbocycles. The zero-order chi connectivity index (χ0) is 28.3. The third-order valence-electron chi connectivity index (χ3n) is 7.51. The molecule has 0 amide bonds. The first-order valence-electron chi connectivity index (χ1n) is 13.7. The molecule has 1 atom stereocenters. The second kappa shape index (κ2) is 11.0. The van der Waals surface area contributed by atoms with Crippen LogP contribution in [0.4, 0.5) is 0 Å². The molecular formula is C36H29N5. The van der Waals surface area contributed by atoms with E-state index in [-0.39, 0.29) is 0 Å². The molecule has 198 valence electrons. The van der Waals surface area contributed by atoms with Gasteiger partial charge in [-0.05, 0) is 60.7 Å². The van der Waals surface area contributed by atoms with E-state index in [1.807, 2.05) is 84.9 Å². The van der Waals surface area contributed by atoms with E-state index in [0.717, 1.165) is 40.2 Å². The fourth-order valence-electron chi connectivity index (χ4n) is 5.54. The summed E-state index contributed by atoms with van der Waals surface area (Å²) in [4.78, 5) is 14.6. The summed E-state index contributed by atoms with van der Waals surface area (Å²) in [7, 11) is 0. The van der Waals surface area contributed by atoms with Gasteiger partial charge in [0.25, 0.3) is 0 Å². The molecule has 1 aliphatic rings. The molecule has 0 N–H and O–H groups in total. The third-order valence-corrected chi connectivity index (χ3v) is 7.51. The summed E-state index contributed by atoms with van der Waals surface area (Å²) in [5.41, 5.74) is 8.65. The van der Waals surface area contributed by atoms with Crippen molar-refractivity contribution in [3.63, 3.8) is 0 Å². The third kappa shape index (κ3) is 4.81. The van der Waals surface area contributed by atoms with Gasteiger partial charge in [0.05, 0.1) is 11.3 Å². The lowest BCUT2D eigenvalue weighted by atomic mass is 9.90. The van der Waals surface area contributed by atoms with Gasteiger partial charge in [-0.15, -0.1) is 0 Å². The summed E-state index contributed by atoms with van der Waals surface area (Å²) in [6, 6.07) is 28.1. The van der Waals surface area contributed by atoms with Crippen LogP contribution in [0.1, 0.15) is 47.3 Å². The van der Waals surface area contributed by atoms with Crippen molar-refractivity contribution >= 4 is 12.2 Å². The van der Waals surface area contributed by atoms with Crippen LogP contribution in [0.2, 0.25) is 0 Å². The van der Waals surface area contributed by atoms with E-state index in [1.54, 1.807) is 6.08 Å². The molecule has 3 aromatic carbocycles. The van der Waals surface area contributed by atoms with Gasteiger partial charge in [0.2, 0.25) is 0 Å². The molecule has 1 unspecified atom stereocenters. The fraction of sp³-hybridized carbons (Fsp3) is 0.111. The van der Waals surface area contributed by atoms with Crippen LogP contribution in [0.15, 0.2) is 104 Å². The van der Waals surface area contributed by atoms with Crippen LogP contribution in [0.25, 0.3) is 52.0 Å². The normalized spacial score (nSPS) is 14.1. The number of benzene rings is 3. The minimum atomic E-state index is 0.381.